The van der Waals surface area contributed by atoms with E-state index < -0.39 is 0 Å². The van der Waals surface area contributed by atoms with Gasteiger partial charge >= 0.3 is 0 Å². The van der Waals surface area contributed by atoms with E-state index in [0.717, 1.165) is 15.7 Å². The molecule has 0 saturated carbocycles. The highest BCUT2D eigenvalue weighted by Crippen LogP contribution is 2.27. The first-order valence-corrected chi connectivity index (χ1v) is 7.31. The molecule has 0 heterocycles. The van der Waals surface area contributed by atoms with Crippen LogP contribution < -0.4 is 10.1 Å². The van der Waals surface area contributed by atoms with Crippen LogP contribution in [0, 0.1) is 11.3 Å². The lowest BCUT2D eigenvalue weighted by atomic mass is 10.1. The standard InChI is InChI=1S/C16H15BrN2O2/c1-2-21-16-7-11(3-6-15(16)20)10-19-14-8-13(17)5-4-12(14)9-18/h3-8,19-20H,2,10H2,1H3. The third kappa shape index (κ3) is 3.89. The molecule has 21 heavy (non-hydrogen) atoms. The van der Waals surface area contributed by atoms with E-state index in [0.29, 0.717) is 24.5 Å². The molecule has 2 N–H and O–H groups in total. The molecule has 0 amide bonds. The Morgan fingerprint density at radius 3 is 2.81 bits per heavy atom. The van der Waals surface area contributed by atoms with Gasteiger partial charge < -0.3 is 15.2 Å². The van der Waals surface area contributed by atoms with E-state index in [9.17, 15) is 5.11 Å². The topological polar surface area (TPSA) is 65.3 Å². The molecular weight excluding hydrogens is 332 g/mol. The van der Waals surface area contributed by atoms with Crippen molar-refractivity contribution in [3.8, 4) is 17.6 Å². The molecule has 2 aromatic rings. The summed E-state index contributed by atoms with van der Waals surface area (Å²) in [6, 6.07) is 12.8. The first-order valence-electron chi connectivity index (χ1n) is 6.52. The number of phenols is 1. The highest BCUT2D eigenvalue weighted by atomic mass is 79.9. The van der Waals surface area contributed by atoms with Crippen molar-refractivity contribution in [2.24, 2.45) is 0 Å². The van der Waals surface area contributed by atoms with Gasteiger partial charge in [0, 0.05) is 11.0 Å². The fraction of sp³-hybridized carbons (Fsp3) is 0.188. The van der Waals surface area contributed by atoms with Crippen LogP contribution >= 0.6 is 15.9 Å². The molecule has 0 radical (unpaired) electrons. The predicted molar refractivity (Wildman–Crippen MR) is 85.5 cm³/mol. The Labute approximate surface area is 132 Å². The molecule has 0 aromatic heterocycles. The lowest BCUT2D eigenvalue weighted by molar-refractivity contribution is 0.318. The van der Waals surface area contributed by atoms with Crippen molar-refractivity contribution in [1.82, 2.24) is 0 Å². The summed E-state index contributed by atoms with van der Waals surface area (Å²) in [7, 11) is 0. The van der Waals surface area contributed by atoms with Gasteiger partial charge in [-0.1, -0.05) is 22.0 Å². The number of anilines is 1. The molecule has 4 nitrogen and oxygen atoms in total. The van der Waals surface area contributed by atoms with Crippen LogP contribution in [0.15, 0.2) is 40.9 Å². The third-order valence-corrected chi connectivity index (χ3v) is 3.40. The number of nitriles is 1. The van der Waals surface area contributed by atoms with Gasteiger partial charge in [-0.2, -0.15) is 5.26 Å². The molecule has 0 aliphatic rings. The molecule has 0 aliphatic heterocycles. The minimum absolute atomic E-state index is 0.126. The van der Waals surface area contributed by atoms with E-state index in [1.54, 1.807) is 18.2 Å². The number of hydrogen-bond donors (Lipinski definition) is 2. The van der Waals surface area contributed by atoms with Crippen molar-refractivity contribution in [3.63, 3.8) is 0 Å². The lowest BCUT2D eigenvalue weighted by Crippen LogP contribution is -2.02. The van der Waals surface area contributed by atoms with E-state index in [2.05, 4.69) is 27.3 Å². The van der Waals surface area contributed by atoms with Crippen molar-refractivity contribution < 1.29 is 9.84 Å². The molecule has 2 aromatic carbocycles. The number of benzene rings is 2. The van der Waals surface area contributed by atoms with Crippen LogP contribution in [-0.4, -0.2) is 11.7 Å². The van der Waals surface area contributed by atoms with Gasteiger partial charge in [-0.05, 0) is 42.8 Å². The second-order valence-corrected chi connectivity index (χ2v) is 5.31. The van der Waals surface area contributed by atoms with Gasteiger partial charge in [-0.25, -0.2) is 0 Å². The Kier molecular flexibility index (Phi) is 5.07. The number of halogens is 1. The van der Waals surface area contributed by atoms with Crippen LogP contribution in [0.2, 0.25) is 0 Å². The summed E-state index contributed by atoms with van der Waals surface area (Å²) in [6.45, 7) is 2.89. The number of aromatic hydroxyl groups is 1. The van der Waals surface area contributed by atoms with Crippen molar-refractivity contribution in [3.05, 3.63) is 52.0 Å². The van der Waals surface area contributed by atoms with Crippen LogP contribution in [0.25, 0.3) is 0 Å². The second-order valence-electron chi connectivity index (χ2n) is 4.39. The molecule has 0 fully saturated rings. The maximum Gasteiger partial charge on any atom is 0.161 e. The maximum atomic E-state index is 9.68. The van der Waals surface area contributed by atoms with Crippen LogP contribution in [0.1, 0.15) is 18.1 Å². The summed E-state index contributed by atoms with van der Waals surface area (Å²) < 4.78 is 6.26. The van der Waals surface area contributed by atoms with Crippen LogP contribution in [0.3, 0.4) is 0 Å². The Morgan fingerprint density at radius 1 is 1.29 bits per heavy atom. The minimum atomic E-state index is 0.126. The summed E-state index contributed by atoms with van der Waals surface area (Å²) in [6.07, 6.45) is 0. The van der Waals surface area contributed by atoms with Crippen molar-refractivity contribution >= 4 is 21.6 Å². The molecule has 0 atom stereocenters. The first-order chi connectivity index (χ1) is 10.1. The molecule has 0 spiro atoms. The van der Waals surface area contributed by atoms with E-state index in [-0.39, 0.29) is 5.75 Å². The van der Waals surface area contributed by atoms with E-state index in [1.165, 1.54) is 0 Å². The second kappa shape index (κ2) is 7.00. The van der Waals surface area contributed by atoms with Crippen LogP contribution in [0.4, 0.5) is 5.69 Å². The average Bonchev–Trinajstić information content (AvgIpc) is 2.48. The summed E-state index contributed by atoms with van der Waals surface area (Å²) in [5, 5.41) is 22.0. The number of rotatable bonds is 5. The number of nitrogens with one attached hydrogen (secondary N) is 1. The number of nitrogens with zero attached hydrogens (tertiary/aromatic N) is 1. The van der Waals surface area contributed by atoms with E-state index >= 15 is 0 Å². The van der Waals surface area contributed by atoms with Gasteiger partial charge in [0.15, 0.2) is 11.5 Å². The monoisotopic (exact) mass is 346 g/mol. The molecule has 5 heteroatoms. The highest BCUT2D eigenvalue weighted by molar-refractivity contribution is 9.10. The first kappa shape index (κ1) is 15.2. The van der Waals surface area contributed by atoms with Crippen LogP contribution in [0.5, 0.6) is 11.5 Å². The number of hydrogen-bond acceptors (Lipinski definition) is 4. The zero-order valence-corrected chi connectivity index (χ0v) is 13.1. The molecular formula is C16H15BrN2O2. The van der Waals surface area contributed by atoms with Crippen molar-refractivity contribution in [2.75, 3.05) is 11.9 Å². The number of phenolic OH excluding ortho intramolecular Hbond substituents is 1. The fourth-order valence-corrected chi connectivity index (χ4v) is 2.26. The molecule has 0 saturated heterocycles. The van der Waals surface area contributed by atoms with Crippen molar-refractivity contribution in [2.45, 2.75) is 13.5 Å². The molecule has 0 aliphatic carbocycles. The quantitative estimate of drug-likeness (QED) is 0.857. The minimum Gasteiger partial charge on any atom is -0.504 e. The Hall–Kier alpha value is -2.19. The summed E-state index contributed by atoms with van der Waals surface area (Å²) in [4.78, 5) is 0. The van der Waals surface area contributed by atoms with Gasteiger partial charge in [0.05, 0.1) is 17.9 Å². The van der Waals surface area contributed by atoms with Gasteiger partial charge in [-0.15, -0.1) is 0 Å². The highest BCUT2D eigenvalue weighted by Gasteiger charge is 2.06. The predicted octanol–water partition coefficient (Wildman–Crippen LogP) is 4.04. The van der Waals surface area contributed by atoms with Crippen molar-refractivity contribution in [1.29, 1.82) is 5.26 Å². The summed E-state index contributed by atoms with van der Waals surface area (Å²) in [5.41, 5.74) is 2.31. The summed E-state index contributed by atoms with van der Waals surface area (Å²) >= 11 is 3.39. The number of ether oxygens (including phenoxy) is 1. The summed E-state index contributed by atoms with van der Waals surface area (Å²) in [5.74, 6) is 0.590. The Bertz CT molecular complexity index is 680. The molecule has 108 valence electrons. The van der Waals surface area contributed by atoms with Crippen LogP contribution in [-0.2, 0) is 6.54 Å². The zero-order valence-electron chi connectivity index (χ0n) is 11.6. The normalized spacial score (nSPS) is 9.95. The molecule has 0 bridgehead atoms. The molecule has 2 rings (SSSR count). The SMILES string of the molecule is CCOc1cc(CNc2cc(Br)ccc2C#N)ccc1O. The van der Waals surface area contributed by atoms with Gasteiger partial charge in [-0.3, -0.25) is 0 Å². The zero-order chi connectivity index (χ0) is 15.2. The lowest BCUT2D eigenvalue weighted by Gasteiger charge is -2.11. The third-order valence-electron chi connectivity index (χ3n) is 2.91. The fourth-order valence-electron chi connectivity index (χ4n) is 1.90. The van der Waals surface area contributed by atoms with Gasteiger partial charge in [0.2, 0.25) is 0 Å². The van der Waals surface area contributed by atoms with Gasteiger partial charge in [0.1, 0.15) is 6.07 Å². The average molecular weight is 347 g/mol. The molecule has 0 unspecified atom stereocenters. The largest absolute Gasteiger partial charge is 0.504 e. The van der Waals surface area contributed by atoms with E-state index in [4.69, 9.17) is 10.00 Å². The Morgan fingerprint density at radius 2 is 2.10 bits per heavy atom. The van der Waals surface area contributed by atoms with Gasteiger partial charge in [0.25, 0.3) is 0 Å². The Balaban J connectivity index is 2.15. The smallest absolute Gasteiger partial charge is 0.161 e. The van der Waals surface area contributed by atoms with E-state index in [1.807, 2.05) is 25.1 Å². The maximum absolute atomic E-state index is 9.68.